The lowest BCUT2D eigenvalue weighted by atomic mass is 9.93. The van der Waals surface area contributed by atoms with Gasteiger partial charge in [-0.15, -0.1) is 12.4 Å². The molecule has 0 aliphatic carbocycles. The molecular weight excluding hydrogens is 310 g/mol. The summed E-state index contributed by atoms with van der Waals surface area (Å²) in [4.78, 5) is 0. The van der Waals surface area contributed by atoms with Crippen molar-refractivity contribution in [3.8, 4) is 0 Å². The second-order valence-electron chi connectivity index (χ2n) is 6.89. The van der Waals surface area contributed by atoms with Gasteiger partial charge in [0, 0.05) is 32.2 Å². The number of hydrogen-bond acceptors (Lipinski definition) is 3. The third-order valence-electron chi connectivity index (χ3n) is 4.65. The highest BCUT2D eigenvalue weighted by Crippen LogP contribution is 2.27. The van der Waals surface area contributed by atoms with Gasteiger partial charge in [0.1, 0.15) is 0 Å². The first kappa shape index (κ1) is 19.2. The molecule has 4 unspecified atom stereocenters. The van der Waals surface area contributed by atoms with E-state index in [0.29, 0.717) is 38.0 Å². The van der Waals surface area contributed by atoms with Crippen molar-refractivity contribution >= 4 is 22.6 Å². The summed E-state index contributed by atoms with van der Waals surface area (Å²) < 4.78 is 29.0. The van der Waals surface area contributed by atoms with E-state index in [1.54, 1.807) is 8.61 Å². The van der Waals surface area contributed by atoms with Crippen molar-refractivity contribution < 1.29 is 8.42 Å². The van der Waals surface area contributed by atoms with E-state index in [2.05, 4.69) is 13.8 Å². The van der Waals surface area contributed by atoms with Crippen molar-refractivity contribution in [2.75, 3.05) is 26.2 Å². The van der Waals surface area contributed by atoms with Crippen LogP contribution in [0.15, 0.2) is 0 Å². The third-order valence-corrected chi connectivity index (χ3v) is 6.59. The molecule has 0 aromatic carbocycles. The van der Waals surface area contributed by atoms with Crippen LogP contribution in [0.2, 0.25) is 0 Å². The van der Waals surface area contributed by atoms with E-state index >= 15 is 0 Å². The Morgan fingerprint density at radius 1 is 1.10 bits per heavy atom. The maximum Gasteiger partial charge on any atom is 0.282 e. The molecule has 21 heavy (non-hydrogen) atoms. The SMILES string of the molecule is CC1CC(C)CN(S(=O)(=O)N2CCCC(C(C)N)C2)C1.Cl. The van der Waals surface area contributed by atoms with Gasteiger partial charge in [-0.1, -0.05) is 13.8 Å². The van der Waals surface area contributed by atoms with Crippen LogP contribution in [0.25, 0.3) is 0 Å². The monoisotopic (exact) mass is 339 g/mol. The normalized spacial score (nSPS) is 34.2. The van der Waals surface area contributed by atoms with Gasteiger partial charge in [-0.25, -0.2) is 0 Å². The van der Waals surface area contributed by atoms with E-state index in [9.17, 15) is 8.42 Å². The molecule has 0 radical (unpaired) electrons. The maximum absolute atomic E-state index is 12.8. The molecule has 2 aliphatic rings. The predicted octanol–water partition coefficient (Wildman–Crippen LogP) is 1.69. The minimum atomic E-state index is -3.31. The fraction of sp³-hybridized carbons (Fsp3) is 1.00. The summed E-state index contributed by atoms with van der Waals surface area (Å²) in [7, 11) is -3.31. The fourth-order valence-corrected chi connectivity index (χ4v) is 5.52. The van der Waals surface area contributed by atoms with Crippen LogP contribution >= 0.6 is 12.4 Å². The lowest BCUT2D eigenvalue weighted by Crippen LogP contribution is -2.53. The maximum atomic E-state index is 12.8. The Morgan fingerprint density at radius 3 is 2.19 bits per heavy atom. The molecule has 2 aliphatic heterocycles. The largest absolute Gasteiger partial charge is 0.328 e. The van der Waals surface area contributed by atoms with Gasteiger partial charge in [-0.05, 0) is 43.9 Å². The number of piperidine rings is 2. The zero-order valence-electron chi connectivity index (χ0n) is 13.4. The van der Waals surface area contributed by atoms with E-state index in [1.165, 1.54) is 0 Å². The minimum Gasteiger partial charge on any atom is -0.328 e. The molecule has 126 valence electrons. The van der Waals surface area contributed by atoms with Crippen LogP contribution in [-0.2, 0) is 10.2 Å². The Bertz CT molecular complexity index is 420. The van der Waals surface area contributed by atoms with Crippen molar-refractivity contribution in [3.63, 3.8) is 0 Å². The van der Waals surface area contributed by atoms with Crippen LogP contribution in [-0.4, -0.2) is 49.2 Å². The lowest BCUT2D eigenvalue weighted by Gasteiger charge is -2.40. The quantitative estimate of drug-likeness (QED) is 0.850. The number of nitrogens with two attached hydrogens (primary N) is 1. The van der Waals surface area contributed by atoms with Crippen molar-refractivity contribution in [2.24, 2.45) is 23.5 Å². The van der Waals surface area contributed by atoms with Gasteiger partial charge in [0.25, 0.3) is 10.2 Å². The molecule has 0 aromatic rings. The van der Waals surface area contributed by atoms with Crippen LogP contribution in [0.1, 0.15) is 40.0 Å². The van der Waals surface area contributed by atoms with E-state index < -0.39 is 10.2 Å². The average Bonchev–Trinajstić information content (AvgIpc) is 2.37. The van der Waals surface area contributed by atoms with Crippen LogP contribution in [0.4, 0.5) is 0 Å². The highest BCUT2D eigenvalue weighted by atomic mass is 35.5. The van der Waals surface area contributed by atoms with E-state index in [1.807, 2.05) is 6.92 Å². The molecule has 0 amide bonds. The van der Waals surface area contributed by atoms with E-state index in [0.717, 1.165) is 19.3 Å². The van der Waals surface area contributed by atoms with Crippen molar-refractivity contribution in [1.29, 1.82) is 0 Å². The minimum absolute atomic E-state index is 0. The van der Waals surface area contributed by atoms with Gasteiger partial charge in [0.05, 0.1) is 0 Å². The Kier molecular flexibility index (Phi) is 6.93. The summed E-state index contributed by atoms with van der Waals surface area (Å²) in [5, 5.41) is 0. The van der Waals surface area contributed by atoms with Gasteiger partial charge in [0.15, 0.2) is 0 Å². The number of nitrogens with zero attached hydrogens (tertiary/aromatic N) is 2. The molecule has 2 saturated heterocycles. The summed E-state index contributed by atoms with van der Waals surface area (Å²) in [5.74, 6) is 1.18. The third kappa shape index (κ3) is 4.55. The number of hydrogen-bond donors (Lipinski definition) is 1. The van der Waals surface area contributed by atoms with Gasteiger partial charge in [-0.2, -0.15) is 17.0 Å². The zero-order valence-corrected chi connectivity index (χ0v) is 15.0. The van der Waals surface area contributed by atoms with Crippen LogP contribution in [0.5, 0.6) is 0 Å². The van der Waals surface area contributed by atoms with Gasteiger partial charge < -0.3 is 5.73 Å². The first-order valence-electron chi connectivity index (χ1n) is 7.81. The van der Waals surface area contributed by atoms with Crippen molar-refractivity contribution in [3.05, 3.63) is 0 Å². The van der Waals surface area contributed by atoms with Crippen molar-refractivity contribution in [1.82, 2.24) is 8.61 Å². The van der Waals surface area contributed by atoms with Crippen LogP contribution in [0, 0.1) is 17.8 Å². The standard InChI is InChI=1S/C14H29N3O2S.ClH/c1-11-7-12(2)9-17(8-11)20(18,19)16-6-4-5-14(10-16)13(3)15;/h11-14H,4-10,15H2,1-3H3;1H. The first-order valence-corrected chi connectivity index (χ1v) is 9.21. The van der Waals surface area contributed by atoms with Gasteiger partial charge in [0.2, 0.25) is 0 Å². The molecule has 2 fully saturated rings. The summed E-state index contributed by atoms with van der Waals surface area (Å²) >= 11 is 0. The molecule has 7 heteroatoms. The summed E-state index contributed by atoms with van der Waals surface area (Å²) in [6.45, 7) is 8.80. The highest BCUT2D eigenvalue weighted by Gasteiger charge is 2.37. The molecule has 0 bridgehead atoms. The summed E-state index contributed by atoms with van der Waals surface area (Å²) in [6.07, 6.45) is 3.08. The van der Waals surface area contributed by atoms with Crippen LogP contribution < -0.4 is 5.73 Å². The Labute approximate surface area is 135 Å². The topological polar surface area (TPSA) is 66.6 Å². The van der Waals surface area contributed by atoms with Crippen LogP contribution in [0.3, 0.4) is 0 Å². The molecule has 5 nitrogen and oxygen atoms in total. The molecule has 0 saturated carbocycles. The Balaban J connectivity index is 0.00000220. The predicted molar refractivity (Wildman–Crippen MR) is 88.6 cm³/mol. The smallest absolute Gasteiger partial charge is 0.282 e. The Hall–Kier alpha value is 0.120. The van der Waals surface area contributed by atoms with E-state index in [4.69, 9.17) is 5.73 Å². The number of halogens is 1. The first-order chi connectivity index (χ1) is 9.30. The molecule has 4 atom stereocenters. The molecule has 0 spiro atoms. The van der Waals surface area contributed by atoms with Gasteiger partial charge in [-0.3, -0.25) is 0 Å². The second kappa shape index (κ2) is 7.59. The Morgan fingerprint density at radius 2 is 1.67 bits per heavy atom. The molecular formula is C14H30ClN3O2S. The number of rotatable bonds is 3. The fourth-order valence-electron chi connectivity index (χ4n) is 3.57. The average molecular weight is 340 g/mol. The molecule has 2 N–H and O–H groups in total. The molecule has 0 aromatic heterocycles. The second-order valence-corrected chi connectivity index (χ2v) is 8.82. The summed E-state index contributed by atoms with van der Waals surface area (Å²) in [5.41, 5.74) is 5.96. The lowest BCUT2D eigenvalue weighted by molar-refractivity contribution is 0.188. The van der Waals surface area contributed by atoms with Gasteiger partial charge >= 0.3 is 0 Å². The summed E-state index contributed by atoms with van der Waals surface area (Å²) in [6, 6.07) is 0.0622. The van der Waals surface area contributed by atoms with Crippen molar-refractivity contribution in [2.45, 2.75) is 46.1 Å². The highest BCUT2D eigenvalue weighted by molar-refractivity contribution is 7.86. The zero-order chi connectivity index (χ0) is 14.9. The van der Waals surface area contributed by atoms with E-state index in [-0.39, 0.29) is 24.4 Å². The molecule has 2 rings (SSSR count). The molecule has 2 heterocycles.